The van der Waals surface area contributed by atoms with Crippen LogP contribution in [0.15, 0.2) is 22.7 Å². The molecule has 1 saturated carbocycles. The molecule has 1 heterocycles. The second kappa shape index (κ2) is 5.13. The van der Waals surface area contributed by atoms with Gasteiger partial charge in [-0.2, -0.15) is 0 Å². The molecule has 2 fully saturated rings. The number of phenols is 1. The maximum absolute atomic E-state index is 12.3. The molecule has 5 heteroatoms. The van der Waals surface area contributed by atoms with E-state index in [2.05, 4.69) is 26.6 Å². The summed E-state index contributed by atoms with van der Waals surface area (Å²) in [4.78, 5) is 12.3. The van der Waals surface area contributed by atoms with Crippen molar-refractivity contribution in [3.05, 3.63) is 22.7 Å². The summed E-state index contributed by atoms with van der Waals surface area (Å²) in [5, 5.41) is 15.9. The van der Waals surface area contributed by atoms with E-state index in [1.807, 2.05) is 0 Å². The lowest BCUT2D eigenvalue weighted by atomic mass is 9.93. The molecule has 0 radical (unpaired) electrons. The van der Waals surface area contributed by atoms with E-state index >= 15 is 0 Å². The second-order valence-corrected chi connectivity index (χ2v) is 6.31. The maximum Gasteiger partial charge on any atom is 0.241 e. The Kier molecular flexibility index (Phi) is 3.50. The third kappa shape index (κ3) is 2.49. The Labute approximate surface area is 120 Å². The van der Waals surface area contributed by atoms with Crippen LogP contribution >= 0.6 is 15.9 Å². The molecule has 1 aliphatic carbocycles. The molecule has 3 N–H and O–H groups in total. The van der Waals surface area contributed by atoms with Crippen molar-refractivity contribution < 1.29 is 9.90 Å². The van der Waals surface area contributed by atoms with Gasteiger partial charge in [0.2, 0.25) is 5.91 Å². The predicted octanol–water partition coefficient (Wildman–Crippen LogP) is 2.48. The van der Waals surface area contributed by atoms with E-state index in [0.717, 1.165) is 17.4 Å². The number of carbonyl (C=O) groups is 1. The highest BCUT2D eigenvalue weighted by molar-refractivity contribution is 9.10. The molecule has 19 heavy (non-hydrogen) atoms. The zero-order valence-electron chi connectivity index (χ0n) is 10.5. The van der Waals surface area contributed by atoms with Crippen LogP contribution < -0.4 is 10.6 Å². The van der Waals surface area contributed by atoms with Crippen LogP contribution in [0.5, 0.6) is 5.75 Å². The third-order valence-electron chi connectivity index (χ3n) is 4.24. The van der Waals surface area contributed by atoms with Gasteiger partial charge in [0.05, 0.1) is 11.7 Å². The minimum Gasteiger partial charge on any atom is -0.506 e. The number of benzene rings is 1. The third-order valence-corrected chi connectivity index (χ3v) is 4.74. The standard InChI is InChI=1S/C14H17BrN2O2/c15-9-4-5-12(18)11(6-9)17-14(19)13-10-3-1-2-8(10)7-16-13/h4-6,8,10,13,16,18H,1-3,7H2,(H,17,19). The largest absolute Gasteiger partial charge is 0.506 e. The molecule has 1 amide bonds. The Bertz CT molecular complexity index is 506. The number of aromatic hydroxyl groups is 1. The number of anilines is 1. The number of hydrogen-bond acceptors (Lipinski definition) is 3. The van der Waals surface area contributed by atoms with Crippen LogP contribution in [0.4, 0.5) is 5.69 Å². The topological polar surface area (TPSA) is 61.4 Å². The monoisotopic (exact) mass is 324 g/mol. The van der Waals surface area contributed by atoms with Crippen molar-refractivity contribution >= 4 is 27.5 Å². The van der Waals surface area contributed by atoms with Gasteiger partial charge in [0.15, 0.2) is 0 Å². The number of phenolic OH excluding ortho intramolecular Hbond substituents is 1. The SMILES string of the molecule is O=C(Nc1cc(Br)ccc1O)C1NCC2CCCC21. The van der Waals surface area contributed by atoms with Gasteiger partial charge in [-0.15, -0.1) is 0 Å². The van der Waals surface area contributed by atoms with E-state index in [4.69, 9.17) is 0 Å². The van der Waals surface area contributed by atoms with Crippen LogP contribution in [0.3, 0.4) is 0 Å². The molecule has 3 unspecified atom stereocenters. The average molecular weight is 325 g/mol. The van der Waals surface area contributed by atoms with Gasteiger partial charge >= 0.3 is 0 Å². The van der Waals surface area contributed by atoms with Gasteiger partial charge in [-0.25, -0.2) is 0 Å². The second-order valence-electron chi connectivity index (χ2n) is 5.39. The van der Waals surface area contributed by atoms with Crippen molar-refractivity contribution in [2.24, 2.45) is 11.8 Å². The number of nitrogens with one attached hydrogen (secondary N) is 2. The molecule has 0 bridgehead atoms. The maximum atomic E-state index is 12.3. The van der Waals surface area contributed by atoms with E-state index in [9.17, 15) is 9.90 Å². The molecular formula is C14H17BrN2O2. The van der Waals surface area contributed by atoms with E-state index in [-0.39, 0.29) is 17.7 Å². The van der Waals surface area contributed by atoms with Crippen LogP contribution in [-0.4, -0.2) is 23.6 Å². The fourth-order valence-corrected chi connectivity index (χ4v) is 3.65. The van der Waals surface area contributed by atoms with Gasteiger partial charge in [-0.3, -0.25) is 4.79 Å². The summed E-state index contributed by atoms with van der Waals surface area (Å²) in [6.45, 7) is 0.938. The molecule has 2 aliphatic rings. The first kappa shape index (κ1) is 12.9. The van der Waals surface area contributed by atoms with Crippen LogP contribution in [0.25, 0.3) is 0 Å². The average Bonchev–Trinajstić information content (AvgIpc) is 2.95. The Morgan fingerprint density at radius 3 is 3.11 bits per heavy atom. The van der Waals surface area contributed by atoms with Gasteiger partial charge in [0.1, 0.15) is 5.75 Å². The molecule has 0 aromatic heterocycles. The van der Waals surface area contributed by atoms with Gasteiger partial charge in [0, 0.05) is 4.47 Å². The van der Waals surface area contributed by atoms with Crippen LogP contribution in [0.2, 0.25) is 0 Å². The number of fused-ring (bicyclic) bond motifs is 1. The van der Waals surface area contributed by atoms with Crippen molar-refractivity contribution in [1.29, 1.82) is 0 Å². The molecule has 0 spiro atoms. The number of carbonyl (C=O) groups excluding carboxylic acids is 1. The van der Waals surface area contributed by atoms with Gasteiger partial charge in [-0.1, -0.05) is 22.4 Å². The highest BCUT2D eigenvalue weighted by atomic mass is 79.9. The molecule has 4 nitrogen and oxygen atoms in total. The normalized spacial score (nSPS) is 29.2. The number of halogens is 1. The summed E-state index contributed by atoms with van der Waals surface area (Å²) in [5.41, 5.74) is 0.461. The number of amides is 1. The Morgan fingerprint density at radius 2 is 2.26 bits per heavy atom. The van der Waals surface area contributed by atoms with Crippen molar-refractivity contribution in [3.63, 3.8) is 0 Å². The summed E-state index contributed by atoms with van der Waals surface area (Å²) < 4.78 is 0.832. The summed E-state index contributed by atoms with van der Waals surface area (Å²) in [6.07, 6.45) is 3.58. The van der Waals surface area contributed by atoms with E-state index in [1.165, 1.54) is 12.8 Å². The molecule has 102 valence electrons. The molecular weight excluding hydrogens is 308 g/mol. The summed E-state index contributed by atoms with van der Waals surface area (Å²) in [5.74, 6) is 1.15. The minimum absolute atomic E-state index is 0.0391. The molecule has 1 aromatic carbocycles. The fourth-order valence-electron chi connectivity index (χ4n) is 3.29. The zero-order valence-corrected chi connectivity index (χ0v) is 12.1. The van der Waals surface area contributed by atoms with E-state index in [0.29, 0.717) is 17.5 Å². The highest BCUT2D eigenvalue weighted by Gasteiger charge is 2.42. The van der Waals surface area contributed by atoms with Gasteiger partial charge < -0.3 is 15.7 Å². The first-order valence-electron chi connectivity index (χ1n) is 6.68. The van der Waals surface area contributed by atoms with E-state index < -0.39 is 0 Å². The van der Waals surface area contributed by atoms with Crippen LogP contribution in [0.1, 0.15) is 19.3 Å². The Morgan fingerprint density at radius 1 is 1.42 bits per heavy atom. The highest BCUT2D eigenvalue weighted by Crippen LogP contribution is 2.38. The lowest BCUT2D eigenvalue weighted by Crippen LogP contribution is -2.39. The fraction of sp³-hybridized carbons (Fsp3) is 0.500. The van der Waals surface area contributed by atoms with E-state index in [1.54, 1.807) is 18.2 Å². The first-order chi connectivity index (χ1) is 9.15. The van der Waals surface area contributed by atoms with Crippen molar-refractivity contribution in [1.82, 2.24) is 5.32 Å². The first-order valence-corrected chi connectivity index (χ1v) is 7.47. The quantitative estimate of drug-likeness (QED) is 0.732. The van der Waals surface area contributed by atoms with Crippen molar-refractivity contribution in [3.8, 4) is 5.75 Å². The molecule has 1 saturated heterocycles. The van der Waals surface area contributed by atoms with Crippen molar-refractivity contribution in [2.75, 3.05) is 11.9 Å². The molecule has 1 aromatic rings. The van der Waals surface area contributed by atoms with Crippen LogP contribution in [-0.2, 0) is 4.79 Å². The lowest BCUT2D eigenvalue weighted by Gasteiger charge is -2.18. The van der Waals surface area contributed by atoms with Crippen molar-refractivity contribution in [2.45, 2.75) is 25.3 Å². The lowest BCUT2D eigenvalue weighted by molar-refractivity contribution is -0.118. The predicted molar refractivity (Wildman–Crippen MR) is 77.1 cm³/mol. The summed E-state index contributed by atoms with van der Waals surface area (Å²) in [7, 11) is 0. The Balaban J connectivity index is 1.73. The molecule has 3 atom stereocenters. The molecule has 1 aliphatic heterocycles. The number of hydrogen-bond donors (Lipinski definition) is 3. The van der Waals surface area contributed by atoms with Gasteiger partial charge in [0.25, 0.3) is 0 Å². The molecule has 3 rings (SSSR count). The van der Waals surface area contributed by atoms with Gasteiger partial charge in [-0.05, 0) is 49.4 Å². The smallest absolute Gasteiger partial charge is 0.241 e. The minimum atomic E-state index is -0.120. The number of rotatable bonds is 2. The summed E-state index contributed by atoms with van der Waals surface area (Å²) >= 11 is 3.34. The zero-order chi connectivity index (χ0) is 13.4. The Hall–Kier alpha value is -1.07. The summed E-state index contributed by atoms with van der Waals surface area (Å²) in [6, 6.07) is 4.91. The van der Waals surface area contributed by atoms with Crippen LogP contribution in [0, 0.1) is 11.8 Å².